The van der Waals surface area contributed by atoms with Gasteiger partial charge in [0.05, 0.1) is 11.4 Å². The van der Waals surface area contributed by atoms with Gasteiger partial charge in [0, 0.05) is 5.56 Å². The molecule has 1 heterocycles. The second kappa shape index (κ2) is 4.73. The molecule has 0 N–H and O–H groups in total. The predicted octanol–water partition coefficient (Wildman–Crippen LogP) is 3.31. The highest BCUT2D eigenvalue weighted by Gasteiger charge is 2.25. The van der Waals surface area contributed by atoms with Gasteiger partial charge in [0.2, 0.25) is 0 Å². The summed E-state index contributed by atoms with van der Waals surface area (Å²) < 4.78 is 5.67. The van der Waals surface area contributed by atoms with Crippen molar-refractivity contribution in [2.45, 2.75) is 37.0 Å². The van der Waals surface area contributed by atoms with Crippen molar-refractivity contribution in [3.63, 3.8) is 0 Å². The van der Waals surface area contributed by atoms with Gasteiger partial charge in [0.25, 0.3) is 0 Å². The Labute approximate surface area is 106 Å². The topological polar surface area (TPSA) is 26.3 Å². The molecule has 2 nitrogen and oxygen atoms in total. The quantitative estimate of drug-likeness (QED) is 0.765. The average Bonchev–Trinajstić information content (AvgIpc) is 3.00. The number of thioether (sulfide) groups is 1. The number of rotatable bonds is 4. The molecule has 2 aliphatic rings. The fraction of sp³-hybridized carbons (Fsp3) is 0.500. The lowest BCUT2D eigenvalue weighted by molar-refractivity contribution is 0.0988. The van der Waals surface area contributed by atoms with Crippen LogP contribution in [0.15, 0.2) is 24.3 Å². The van der Waals surface area contributed by atoms with E-state index in [0.29, 0.717) is 6.10 Å². The molecule has 0 amide bonds. The summed E-state index contributed by atoms with van der Waals surface area (Å²) in [5.41, 5.74) is 0.826. The van der Waals surface area contributed by atoms with E-state index in [1.807, 2.05) is 24.3 Å². The van der Waals surface area contributed by atoms with Gasteiger partial charge in [-0.25, -0.2) is 0 Å². The third kappa shape index (κ3) is 2.65. The Bertz CT molecular complexity index is 403. The van der Waals surface area contributed by atoms with Gasteiger partial charge in [-0.2, -0.15) is 11.8 Å². The normalized spacial score (nSPS) is 23.6. The summed E-state index contributed by atoms with van der Waals surface area (Å²) in [6.45, 7) is 0. The first-order valence-corrected chi connectivity index (χ1v) is 7.30. The van der Waals surface area contributed by atoms with E-state index >= 15 is 0 Å². The molecule has 0 spiro atoms. The van der Waals surface area contributed by atoms with E-state index in [1.165, 1.54) is 19.3 Å². The highest BCUT2D eigenvalue weighted by Crippen LogP contribution is 2.30. The molecule has 2 fully saturated rings. The van der Waals surface area contributed by atoms with Crippen LogP contribution in [-0.4, -0.2) is 22.9 Å². The van der Waals surface area contributed by atoms with Gasteiger partial charge in [-0.05, 0) is 55.7 Å². The van der Waals surface area contributed by atoms with Crippen molar-refractivity contribution in [3.05, 3.63) is 29.8 Å². The number of carbonyl (C=O) groups excluding carboxylic acids is 1. The Balaban J connectivity index is 1.67. The fourth-order valence-corrected chi connectivity index (χ4v) is 3.29. The number of ether oxygens (including phenoxy) is 1. The van der Waals surface area contributed by atoms with Crippen LogP contribution in [-0.2, 0) is 0 Å². The molecule has 1 aliphatic carbocycles. The molecular weight excluding hydrogens is 232 g/mol. The predicted molar refractivity (Wildman–Crippen MR) is 69.9 cm³/mol. The van der Waals surface area contributed by atoms with Gasteiger partial charge in [0.1, 0.15) is 5.75 Å². The highest BCUT2D eigenvalue weighted by atomic mass is 32.2. The zero-order chi connectivity index (χ0) is 11.7. The monoisotopic (exact) mass is 248 g/mol. The zero-order valence-corrected chi connectivity index (χ0v) is 10.5. The van der Waals surface area contributed by atoms with Gasteiger partial charge >= 0.3 is 0 Å². The van der Waals surface area contributed by atoms with Crippen LogP contribution < -0.4 is 4.74 Å². The molecule has 1 saturated heterocycles. The van der Waals surface area contributed by atoms with E-state index in [2.05, 4.69) is 0 Å². The van der Waals surface area contributed by atoms with E-state index < -0.39 is 0 Å². The van der Waals surface area contributed by atoms with Crippen LogP contribution in [0.3, 0.4) is 0 Å². The second-order valence-electron chi connectivity index (χ2n) is 4.71. The maximum atomic E-state index is 12.1. The maximum absolute atomic E-state index is 12.1. The molecule has 0 radical (unpaired) electrons. The summed E-state index contributed by atoms with van der Waals surface area (Å²) in [5.74, 6) is 2.30. The first-order chi connectivity index (χ1) is 8.33. The zero-order valence-electron chi connectivity index (χ0n) is 9.72. The number of Topliss-reactive ketones (excluding diaryl/α,β-unsaturated/α-hetero) is 1. The van der Waals surface area contributed by atoms with Crippen molar-refractivity contribution in [1.82, 2.24) is 0 Å². The molecule has 3 heteroatoms. The first-order valence-electron chi connectivity index (χ1n) is 6.25. The van der Waals surface area contributed by atoms with Crippen LogP contribution in [0.25, 0.3) is 0 Å². The van der Waals surface area contributed by atoms with Gasteiger partial charge in [-0.3, -0.25) is 4.79 Å². The molecule has 1 unspecified atom stereocenters. The highest BCUT2D eigenvalue weighted by molar-refractivity contribution is 8.00. The van der Waals surface area contributed by atoms with E-state index in [9.17, 15) is 4.79 Å². The van der Waals surface area contributed by atoms with Gasteiger partial charge < -0.3 is 4.74 Å². The van der Waals surface area contributed by atoms with E-state index in [1.54, 1.807) is 11.8 Å². The molecule has 1 atom stereocenters. The summed E-state index contributed by atoms with van der Waals surface area (Å²) in [7, 11) is 0. The summed E-state index contributed by atoms with van der Waals surface area (Å²) in [5, 5.41) is 0.185. The van der Waals surface area contributed by atoms with Gasteiger partial charge in [0.15, 0.2) is 5.78 Å². The maximum Gasteiger partial charge on any atom is 0.175 e. The fourth-order valence-electron chi connectivity index (χ4n) is 2.05. The molecule has 1 aliphatic heterocycles. The van der Waals surface area contributed by atoms with E-state index in [4.69, 9.17) is 4.74 Å². The number of ketones is 1. The minimum Gasteiger partial charge on any atom is -0.490 e. The summed E-state index contributed by atoms with van der Waals surface area (Å²) in [4.78, 5) is 12.1. The number of carbonyl (C=O) groups is 1. The minimum atomic E-state index is 0.185. The molecule has 0 bridgehead atoms. The third-order valence-electron chi connectivity index (χ3n) is 3.19. The largest absolute Gasteiger partial charge is 0.490 e. The van der Waals surface area contributed by atoms with Crippen LogP contribution in [0.4, 0.5) is 0 Å². The first kappa shape index (κ1) is 11.1. The lowest BCUT2D eigenvalue weighted by atomic mass is 10.1. The minimum absolute atomic E-state index is 0.185. The lowest BCUT2D eigenvalue weighted by Crippen LogP contribution is -2.13. The molecule has 3 rings (SSSR count). The summed E-state index contributed by atoms with van der Waals surface area (Å²) in [6.07, 6.45) is 4.95. The molecule has 1 aromatic carbocycles. The SMILES string of the molecule is O=C(c1ccc(OC2CC2)cc1)C1CCCS1. The standard InChI is InChI=1S/C14H16O2S/c15-14(13-2-1-9-17-13)10-3-5-11(6-4-10)16-12-7-8-12/h3-6,12-13H,1-2,7-9H2. The van der Waals surface area contributed by atoms with Crippen molar-refractivity contribution in [1.29, 1.82) is 0 Å². The summed E-state index contributed by atoms with van der Waals surface area (Å²) >= 11 is 1.79. The molecule has 1 aromatic rings. The second-order valence-corrected chi connectivity index (χ2v) is 6.02. The smallest absolute Gasteiger partial charge is 0.175 e. The number of hydrogen-bond acceptors (Lipinski definition) is 3. The Kier molecular flexibility index (Phi) is 3.10. The molecule has 1 saturated carbocycles. The van der Waals surface area contributed by atoms with Crippen LogP contribution in [0.5, 0.6) is 5.75 Å². The Morgan fingerprint density at radius 1 is 1.18 bits per heavy atom. The van der Waals surface area contributed by atoms with Crippen molar-refractivity contribution >= 4 is 17.5 Å². The van der Waals surface area contributed by atoms with Gasteiger partial charge in [-0.15, -0.1) is 0 Å². The lowest BCUT2D eigenvalue weighted by Gasteiger charge is -2.08. The van der Waals surface area contributed by atoms with Crippen molar-refractivity contribution in [2.75, 3.05) is 5.75 Å². The molecule has 17 heavy (non-hydrogen) atoms. The van der Waals surface area contributed by atoms with Crippen LogP contribution in [0, 0.1) is 0 Å². The van der Waals surface area contributed by atoms with Crippen LogP contribution >= 0.6 is 11.8 Å². The van der Waals surface area contributed by atoms with Crippen LogP contribution in [0.1, 0.15) is 36.0 Å². The van der Waals surface area contributed by atoms with Crippen molar-refractivity contribution in [2.24, 2.45) is 0 Å². The molecular formula is C14H16O2S. The van der Waals surface area contributed by atoms with E-state index in [0.717, 1.165) is 23.5 Å². The Hall–Kier alpha value is -0.960. The van der Waals surface area contributed by atoms with Gasteiger partial charge in [-0.1, -0.05) is 0 Å². The third-order valence-corrected chi connectivity index (χ3v) is 4.56. The molecule has 0 aromatic heterocycles. The van der Waals surface area contributed by atoms with Crippen molar-refractivity contribution in [3.8, 4) is 5.75 Å². The van der Waals surface area contributed by atoms with Crippen LogP contribution in [0.2, 0.25) is 0 Å². The molecule has 90 valence electrons. The average molecular weight is 248 g/mol. The van der Waals surface area contributed by atoms with Crippen molar-refractivity contribution < 1.29 is 9.53 Å². The number of hydrogen-bond donors (Lipinski definition) is 0. The Morgan fingerprint density at radius 2 is 1.94 bits per heavy atom. The number of benzene rings is 1. The Morgan fingerprint density at radius 3 is 2.53 bits per heavy atom. The summed E-state index contributed by atoms with van der Waals surface area (Å²) in [6, 6.07) is 7.65. The van der Waals surface area contributed by atoms with E-state index in [-0.39, 0.29) is 11.0 Å².